The van der Waals surface area contributed by atoms with Crippen LogP contribution in [0.25, 0.3) is 11.1 Å². The standard InChI is InChI=1S/C33H36F4O4/c1-3-5-19-39-24-13-11-22(12-14-24)26-16-18-28(32(37)30(26)35)41-33(38)23-9-7-21(8-10-23)25-15-17-27(31(36)29(25)34)40-20-6-4-2/h11-18,21,23H,3-10,19-20H2,1-2H3. The van der Waals surface area contributed by atoms with Crippen LogP contribution in [0.15, 0.2) is 48.5 Å². The minimum absolute atomic E-state index is 0.0407. The summed E-state index contributed by atoms with van der Waals surface area (Å²) in [6.07, 6.45) is 5.12. The van der Waals surface area contributed by atoms with Crippen LogP contribution in [0.3, 0.4) is 0 Å². The van der Waals surface area contributed by atoms with Crippen LogP contribution in [0.5, 0.6) is 17.2 Å². The Balaban J connectivity index is 1.35. The maximum absolute atomic E-state index is 14.9. The summed E-state index contributed by atoms with van der Waals surface area (Å²) in [4.78, 5) is 12.8. The molecule has 41 heavy (non-hydrogen) atoms. The third-order valence-corrected chi connectivity index (χ3v) is 7.52. The van der Waals surface area contributed by atoms with Gasteiger partial charge in [-0.3, -0.25) is 4.79 Å². The van der Waals surface area contributed by atoms with Gasteiger partial charge in [-0.15, -0.1) is 0 Å². The van der Waals surface area contributed by atoms with Gasteiger partial charge in [-0.1, -0.05) is 44.9 Å². The lowest BCUT2D eigenvalue weighted by molar-refractivity contribution is -0.140. The summed E-state index contributed by atoms with van der Waals surface area (Å²) < 4.78 is 75.4. The van der Waals surface area contributed by atoms with Crippen molar-refractivity contribution in [1.82, 2.24) is 0 Å². The molecule has 3 aromatic rings. The van der Waals surface area contributed by atoms with E-state index in [1.165, 1.54) is 24.3 Å². The highest BCUT2D eigenvalue weighted by atomic mass is 19.2. The lowest BCUT2D eigenvalue weighted by atomic mass is 9.78. The van der Waals surface area contributed by atoms with E-state index in [4.69, 9.17) is 14.2 Å². The van der Waals surface area contributed by atoms with Crippen LogP contribution >= 0.6 is 0 Å². The Labute approximate surface area is 238 Å². The summed E-state index contributed by atoms with van der Waals surface area (Å²) in [5.41, 5.74) is 0.755. The molecule has 0 aliphatic heterocycles. The van der Waals surface area contributed by atoms with Crippen LogP contribution in [-0.2, 0) is 4.79 Å². The maximum atomic E-state index is 14.9. The third kappa shape index (κ3) is 7.40. The van der Waals surface area contributed by atoms with Crippen LogP contribution in [0, 0.1) is 29.2 Å². The highest BCUT2D eigenvalue weighted by molar-refractivity contribution is 5.76. The molecule has 1 aliphatic rings. The van der Waals surface area contributed by atoms with E-state index in [2.05, 4.69) is 6.92 Å². The first kappa shape index (κ1) is 30.4. The van der Waals surface area contributed by atoms with Gasteiger partial charge in [0.2, 0.25) is 11.6 Å². The monoisotopic (exact) mass is 572 g/mol. The van der Waals surface area contributed by atoms with E-state index in [-0.39, 0.29) is 22.8 Å². The molecule has 1 aliphatic carbocycles. The van der Waals surface area contributed by atoms with Crippen molar-refractivity contribution in [3.05, 3.63) is 77.4 Å². The van der Waals surface area contributed by atoms with Gasteiger partial charge >= 0.3 is 5.97 Å². The van der Waals surface area contributed by atoms with Crippen LogP contribution in [0.2, 0.25) is 0 Å². The van der Waals surface area contributed by atoms with Gasteiger partial charge in [0, 0.05) is 5.56 Å². The SMILES string of the molecule is CCCCOc1ccc(-c2ccc(OC(=O)C3CCC(c4ccc(OCCCC)c(F)c4F)CC3)c(F)c2F)cc1. The van der Waals surface area contributed by atoms with Crippen molar-refractivity contribution in [3.8, 4) is 28.4 Å². The fraction of sp³-hybridized carbons (Fsp3) is 0.424. The largest absolute Gasteiger partial charge is 0.494 e. The van der Waals surface area contributed by atoms with Gasteiger partial charge < -0.3 is 14.2 Å². The molecule has 4 rings (SSSR count). The van der Waals surface area contributed by atoms with Crippen molar-refractivity contribution in [1.29, 1.82) is 0 Å². The predicted molar refractivity (Wildman–Crippen MR) is 149 cm³/mol. The summed E-state index contributed by atoms with van der Waals surface area (Å²) in [7, 11) is 0. The van der Waals surface area contributed by atoms with Gasteiger partial charge in [-0.25, -0.2) is 8.78 Å². The molecule has 0 heterocycles. The molecule has 0 unspecified atom stereocenters. The normalized spacial score (nSPS) is 16.8. The molecule has 0 saturated heterocycles. The van der Waals surface area contributed by atoms with Crippen molar-refractivity contribution in [2.45, 2.75) is 71.1 Å². The minimum Gasteiger partial charge on any atom is -0.494 e. The number of rotatable bonds is 12. The smallest absolute Gasteiger partial charge is 0.314 e. The van der Waals surface area contributed by atoms with E-state index in [9.17, 15) is 22.4 Å². The predicted octanol–water partition coefficient (Wildman–Crippen LogP) is 9.15. The summed E-state index contributed by atoms with van der Waals surface area (Å²) in [5, 5.41) is 0. The van der Waals surface area contributed by atoms with Gasteiger partial charge in [0.15, 0.2) is 23.1 Å². The minimum atomic E-state index is -1.24. The topological polar surface area (TPSA) is 44.8 Å². The highest BCUT2D eigenvalue weighted by Crippen LogP contribution is 2.39. The average molecular weight is 573 g/mol. The maximum Gasteiger partial charge on any atom is 0.314 e. The molecule has 1 saturated carbocycles. The Morgan fingerprint density at radius 3 is 1.98 bits per heavy atom. The Morgan fingerprint density at radius 1 is 0.707 bits per heavy atom. The Hall–Kier alpha value is -3.55. The van der Waals surface area contributed by atoms with Crippen molar-refractivity contribution < 1.29 is 36.6 Å². The molecule has 0 amide bonds. The fourth-order valence-electron chi connectivity index (χ4n) is 5.03. The number of carbonyl (C=O) groups is 1. The number of ether oxygens (including phenoxy) is 3. The molecule has 0 atom stereocenters. The Bertz CT molecular complexity index is 1320. The van der Waals surface area contributed by atoms with E-state index in [0.29, 0.717) is 50.2 Å². The van der Waals surface area contributed by atoms with E-state index < -0.39 is 40.9 Å². The van der Waals surface area contributed by atoms with Gasteiger partial charge in [0.25, 0.3) is 0 Å². The van der Waals surface area contributed by atoms with Crippen LogP contribution in [0.4, 0.5) is 17.6 Å². The molecule has 8 heteroatoms. The second-order valence-electron chi connectivity index (χ2n) is 10.4. The molecule has 0 radical (unpaired) electrons. The number of benzene rings is 3. The number of hydrogen-bond donors (Lipinski definition) is 0. The second-order valence-corrected chi connectivity index (χ2v) is 10.4. The van der Waals surface area contributed by atoms with E-state index in [0.717, 1.165) is 25.7 Å². The highest BCUT2D eigenvalue weighted by Gasteiger charge is 2.31. The number of hydrogen-bond acceptors (Lipinski definition) is 4. The van der Waals surface area contributed by atoms with E-state index >= 15 is 0 Å². The molecule has 4 nitrogen and oxygen atoms in total. The van der Waals surface area contributed by atoms with Crippen LogP contribution < -0.4 is 14.2 Å². The number of halogens is 4. The lowest BCUT2D eigenvalue weighted by Crippen LogP contribution is -2.26. The van der Waals surface area contributed by atoms with E-state index in [1.54, 1.807) is 24.3 Å². The van der Waals surface area contributed by atoms with Gasteiger partial charge in [-0.2, -0.15) is 8.78 Å². The van der Waals surface area contributed by atoms with Crippen LogP contribution in [-0.4, -0.2) is 19.2 Å². The summed E-state index contributed by atoms with van der Waals surface area (Å²) in [6, 6.07) is 12.3. The zero-order valence-electron chi connectivity index (χ0n) is 23.5. The quantitative estimate of drug-likeness (QED) is 0.0940. The summed E-state index contributed by atoms with van der Waals surface area (Å²) in [6.45, 7) is 4.94. The molecule has 0 aromatic heterocycles. The number of esters is 1. The zero-order valence-corrected chi connectivity index (χ0v) is 23.5. The fourth-order valence-corrected chi connectivity index (χ4v) is 5.03. The molecule has 0 spiro atoms. The van der Waals surface area contributed by atoms with Crippen molar-refractivity contribution in [2.24, 2.45) is 5.92 Å². The molecule has 0 N–H and O–H groups in total. The molecule has 3 aromatic carbocycles. The van der Waals surface area contributed by atoms with Gasteiger partial charge in [0.05, 0.1) is 19.1 Å². The first-order valence-electron chi connectivity index (χ1n) is 14.4. The Morgan fingerprint density at radius 2 is 1.32 bits per heavy atom. The number of unbranched alkanes of at least 4 members (excludes halogenated alkanes) is 2. The first-order chi connectivity index (χ1) is 19.8. The molecule has 220 valence electrons. The third-order valence-electron chi connectivity index (χ3n) is 7.52. The van der Waals surface area contributed by atoms with Gasteiger partial charge in [0.1, 0.15) is 5.75 Å². The second kappa shape index (κ2) is 14.4. The summed E-state index contributed by atoms with van der Waals surface area (Å²) >= 11 is 0. The molecular formula is C33H36F4O4. The van der Waals surface area contributed by atoms with Crippen molar-refractivity contribution in [3.63, 3.8) is 0 Å². The number of carbonyl (C=O) groups excluding carboxylic acids is 1. The van der Waals surface area contributed by atoms with Gasteiger partial charge in [-0.05, 0) is 85.9 Å². The Kier molecular flexibility index (Phi) is 10.7. The van der Waals surface area contributed by atoms with E-state index in [1.807, 2.05) is 6.92 Å². The molecular weight excluding hydrogens is 536 g/mol. The van der Waals surface area contributed by atoms with Crippen molar-refractivity contribution in [2.75, 3.05) is 13.2 Å². The van der Waals surface area contributed by atoms with Crippen LogP contribution in [0.1, 0.15) is 76.7 Å². The summed E-state index contributed by atoms with van der Waals surface area (Å²) in [5.74, 6) is -5.73. The zero-order chi connectivity index (χ0) is 29.4. The average Bonchev–Trinajstić information content (AvgIpc) is 2.99. The first-order valence-corrected chi connectivity index (χ1v) is 14.4. The van der Waals surface area contributed by atoms with Crippen molar-refractivity contribution >= 4 is 5.97 Å². The lowest BCUT2D eigenvalue weighted by Gasteiger charge is -2.28. The molecule has 1 fully saturated rings. The molecule has 0 bridgehead atoms.